The second kappa shape index (κ2) is 5.06. The summed E-state index contributed by atoms with van der Waals surface area (Å²) in [5.74, 6) is -1.00. The third-order valence-electron chi connectivity index (χ3n) is 2.05. The Balaban J connectivity index is 2.57. The zero-order valence-electron chi connectivity index (χ0n) is 8.66. The number of nitrogens with zero attached hydrogens (tertiary/aromatic N) is 1. The molecule has 0 saturated carbocycles. The molecule has 0 bridgehead atoms. The Morgan fingerprint density at radius 1 is 1.59 bits per heavy atom. The minimum atomic E-state index is -1.00. The number of carbonyl (C=O) groups is 1. The quantitative estimate of drug-likeness (QED) is 0.881. The van der Waals surface area contributed by atoms with E-state index in [4.69, 9.17) is 16.7 Å². The number of aromatic nitrogens is 1. The second-order valence-electron chi connectivity index (χ2n) is 3.18. The molecular formula is C10H7BrClNO2S2. The van der Waals surface area contributed by atoms with E-state index >= 15 is 0 Å². The molecule has 90 valence electrons. The summed E-state index contributed by atoms with van der Waals surface area (Å²) in [6.07, 6.45) is 0.727. The average Bonchev–Trinajstić information content (AvgIpc) is 2.83. The van der Waals surface area contributed by atoms with Crippen LogP contribution in [-0.4, -0.2) is 16.1 Å². The topological polar surface area (TPSA) is 50.2 Å². The fraction of sp³-hybridized carbons (Fsp3) is 0.200. The first-order valence-electron chi connectivity index (χ1n) is 4.71. The summed E-state index contributed by atoms with van der Waals surface area (Å²) >= 11 is 12.0. The van der Waals surface area contributed by atoms with Gasteiger partial charge in [0.25, 0.3) is 0 Å². The van der Waals surface area contributed by atoms with Gasteiger partial charge >= 0.3 is 5.97 Å². The fourth-order valence-electron chi connectivity index (χ4n) is 1.29. The van der Waals surface area contributed by atoms with E-state index in [0.29, 0.717) is 9.21 Å². The predicted molar refractivity (Wildman–Crippen MR) is 74.5 cm³/mol. The molecule has 2 aromatic rings. The van der Waals surface area contributed by atoms with Crippen molar-refractivity contribution in [2.75, 3.05) is 0 Å². The molecule has 0 aromatic carbocycles. The Hall–Kier alpha value is -0.430. The number of thiazole rings is 1. The molecular weight excluding hydrogens is 346 g/mol. The maximum Gasteiger partial charge on any atom is 0.356 e. The summed E-state index contributed by atoms with van der Waals surface area (Å²) in [6.45, 7) is 1.95. The number of rotatable bonds is 3. The van der Waals surface area contributed by atoms with Crippen LogP contribution < -0.4 is 0 Å². The van der Waals surface area contributed by atoms with Gasteiger partial charge in [0.1, 0.15) is 4.34 Å². The number of hydrogen-bond donors (Lipinski definition) is 1. The van der Waals surface area contributed by atoms with Crippen molar-refractivity contribution in [1.82, 2.24) is 4.98 Å². The minimum absolute atomic E-state index is 0.109. The third kappa shape index (κ3) is 2.54. The van der Waals surface area contributed by atoms with E-state index in [1.54, 1.807) is 0 Å². The van der Waals surface area contributed by atoms with Gasteiger partial charge in [-0.1, -0.05) is 18.5 Å². The molecule has 0 unspecified atom stereocenters. The zero-order chi connectivity index (χ0) is 12.6. The van der Waals surface area contributed by atoms with Gasteiger partial charge in [0.15, 0.2) is 5.69 Å². The molecule has 7 heteroatoms. The molecule has 0 aliphatic rings. The SMILES string of the molecule is CCc1nc(C(=O)O)c(-c2cc(Br)c(Cl)s2)s1. The number of halogens is 2. The van der Waals surface area contributed by atoms with Crippen molar-refractivity contribution in [3.63, 3.8) is 0 Å². The number of carboxylic acids is 1. The van der Waals surface area contributed by atoms with Crippen LogP contribution in [0.3, 0.4) is 0 Å². The summed E-state index contributed by atoms with van der Waals surface area (Å²) in [5.41, 5.74) is 0.109. The normalized spacial score (nSPS) is 10.8. The Bertz CT molecular complexity index is 559. The number of aromatic carboxylic acids is 1. The highest BCUT2D eigenvalue weighted by Gasteiger charge is 2.20. The first-order valence-corrected chi connectivity index (χ1v) is 7.51. The lowest BCUT2D eigenvalue weighted by molar-refractivity contribution is 0.0692. The van der Waals surface area contributed by atoms with Gasteiger partial charge < -0.3 is 5.11 Å². The molecule has 0 amide bonds. The van der Waals surface area contributed by atoms with Crippen LogP contribution in [0.4, 0.5) is 0 Å². The molecule has 3 nitrogen and oxygen atoms in total. The molecule has 0 atom stereocenters. The van der Waals surface area contributed by atoms with Crippen molar-refractivity contribution in [1.29, 1.82) is 0 Å². The molecule has 0 aliphatic carbocycles. The minimum Gasteiger partial charge on any atom is -0.476 e. The smallest absolute Gasteiger partial charge is 0.356 e. The summed E-state index contributed by atoms with van der Waals surface area (Å²) in [6, 6.07) is 1.83. The van der Waals surface area contributed by atoms with E-state index in [0.717, 1.165) is 20.8 Å². The van der Waals surface area contributed by atoms with Gasteiger partial charge in [-0.05, 0) is 28.4 Å². The second-order valence-corrected chi connectivity index (χ2v) is 6.77. The number of aryl methyl sites for hydroxylation is 1. The molecule has 1 N–H and O–H groups in total. The van der Waals surface area contributed by atoms with Crippen molar-refractivity contribution in [2.45, 2.75) is 13.3 Å². The van der Waals surface area contributed by atoms with E-state index in [2.05, 4.69) is 20.9 Å². The zero-order valence-corrected chi connectivity index (χ0v) is 12.6. The van der Waals surface area contributed by atoms with E-state index in [-0.39, 0.29) is 5.69 Å². The molecule has 0 saturated heterocycles. The maximum atomic E-state index is 11.1. The van der Waals surface area contributed by atoms with Gasteiger partial charge in [0, 0.05) is 9.35 Å². The van der Waals surface area contributed by atoms with Gasteiger partial charge in [-0.3, -0.25) is 0 Å². The van der Waals surface area contributed by atoms with E-state index in [1.165, 1.54) is 22.7 Å². The first kappa shape index (κ1) is 13.0. The highest BCUT2D eigenvalue weighted by atomic mass is 79.9. The van der Waals surface area contributed by atoms with E-state index in [9.17, 15) is 4.79 Å². The van der Waals surface area contributed by atoms with Gasteiger partial charge in [-0.25, -0.2) is 9.78 Å². The summed E-state index contributed by atoms with van der Waals surface area (Å²) in [4.78, 5) is 16.7. The molecule has 17 heavy (non-hydrogen) atoms. The number of hydrogen-bond acceptors (Lipinski definition) is 4. The summed E-state index contributed by atoms with van der Waals surface area (Å²) in [7, 11) is 0. The molecule has 2 rings (SSSR count). The standard InChI is InChI=1S/C10H7BrClNO2S2/c1-2-6-13-7(10(14)15)8(17-6)5-3-4(11)9(12)16-5/h3H,2H2,1H3,(H,14,15). The van der Waals surface area contributed by atoms with Crippen LogP contribution in [0.5, 0.6) is 0 Å². The van der Waals surface area contributed by atoms with Crippen molar-refractivity contribution in [2.24, 2.45) is 0 Å². The predicted octanol–water partition coefficient (Wildman–Crippen LogP) is 4.55. The lowest BCUT2D eigenvalue weighted by atomic mass is 10.3. The van der Waals surface area contributed by atoms with Crippen LogP contribution in [0.15, 0.2) is 10.5 Å². The van der Waals surface area contributed by atoms with Crippen LogP contribution in [0.2, 0.25) is 4.34 Å². The van der Waals surface area contributed by atoms with E-state index < -0.39 is 5.97 Å². The van der Waals surface area contributed by atoms with Gasteiger partial charge in [-0.2, -0.15) is 0 Å². The number of carboxylic acid groups (broad SMARTS) is 1. The molecule has 2 aromatic heterocycles. The van der Waals surface area contributed by atoms with Gasteiger partial charge in [-0.15, -0.1) is 22.7 Å². The van der Waals surface area contributed by atoms with Crippen molar-refractivity contribution < 1.29 is 9.90 Å². The summed E-state index contributed by atoms with van der Waals surface area (Å²) < 4.78 is 1.39. The lowest BCUT2D eigenvalue weighted by Crippen LogP contribution is -1.98. The van der Waals surface area contributed by atoms with Gasteiger partial charge in [0.2, 0.25) is 0 Å². The average molecular weight is 353 g/mol. The molecule has 2 heterocycles. The summed E-state index contributed by atoms with van der Waals surface area (Å²) in [5, 5.41) is 9.93. The van der Waals surface area contributed by atoms with Crippen LogP contribution >= 0.6 is 50.2 Å². The third-order valence-corrected chi connectivity index (χ3v) is 5.90. The first-order chi connectivity index (χ1) is 8.02. The van der Waals surface area contributed by atoms with Crippen LogP contribution in [0, 0.1) is 0 Å². The van der Waals surface area contributed by atoms with Crippen molar-refractivity contribution in [3.05, 3.63) is 25.6 Å². The molecule has 0 spiro atoms. The fourth-order valence-corrected chi connectivity index (χ4v) is 4.08. The van der Waals surface area contributed by atoms with E-state index in [1.807, 2.05) is 13.0 Å². The van der Waals surface area contributed by atoms with Crippen molar-refractivity contribution >= 4 is 56.2 Å². The Morgan fingerprint density at radius 3 is 2.76 bits per heavy atom. The van der Waals surface area contributed by atoms with Crippen LogP contribution in [0.1, 0.15) is 22.4 Å². The Morgan fingerprint density at radius 2 is 2.29 bits per heavy atom. The van der Waals surface area contributed by atoms with Crippen molar-refractivity contribution in [3.8, 4) is 9.75 Å². The Labute approximate surface area is 119 Å². The highest BCUT2D eigenvalue weighted by molar-refractivity contribution is 9.10. The van der Waals surface area contributed by atoms with Crippen LogP contribution in [0.25, 0.3) is 9.75 Å². The molecule has 0 fully saturated rings. The highest BCUT2D eigenvalue weighted by Crippen LogP contribution is 2.41. The number of thiophene rings is 1. The molecule has 0 aliphatic heterocycles. The lowest BCUT2D eigenvalue weighted by Gasteiger charge is -1.92. The Kier molecular flexibility index (Phi) is 3.87. The monoisotopic (exact) mass is 351 g/mol. The largest absolute Gasteiger partial charge is 0.476 e. The molecule has 0 radical (unpaired) electrons. The maximum absolute atomic E-state index is 11.1. The van der Waals surface area contributed by atoms with Crippen LogP contribution in [-0.2, 0) is 6.42 Å². The van der Waals surface area contributed by atoms with Gasteiger partial charge in [0.05, 0.1) is 9.88 Å².